The molecule has 1 aromatic carbocycles. The van der Waals surface area contributed by atoms with Gasteiger partial charge in [0.15, 0.2) is 11.5 Å². The first-order chi connectivity index (χ1) is 10.6. The monoisotopic (exact) mass is 374 g/mol. The largest absolute Gasteiger partial charge is 0.354 e. The predicted octanol–water partition coefficient (Wildman–Crippen LogP) is 3.40. The number of benzene rings is 1. The molecule has 2 aromatic rings. The smallest absolute Gasteiger partial charge is 0.283 e. The van der Waals surface area contributed by atoms with Crippen LogP contribution >= 0.6 is 27.5 Å². The summed E-state index contributed by atoms with van der Waals surface area (Å²) < 4.78 is 4.14. The lowest BCUT2D eigenvalue weighted by Gasteiger charge is -2.09. The van der Waals surface area contributed by atoms with Crippen molar-refractivity contribution in [2.45, 2.75) is 0 Å². The Hall–Kier alpha value is -2.18. The molecule has 108 valence electrons. The van der Waals surface area contributed by atoms with Crippen molar-refractivity contribution in [1.82, 2.24) is 18.9 Å². The highest BCUT2D eigenvalue weighted by Gasteiger charge is 2.19. The van der Waals surface area contributed by atoms with Gasteiger partial charge in [0, 0.05) is 11.2 Å². The molecular weight excluding hydrogens is 368 g/mol. The van der Waals surface area contributed by atoms with Gasteiger partial charge in [-0.3, -0.25) is 8.97 Å². The van der Waals surface area contributed by atoms with Crippen molar-refractivity contribution < 1.29 is 0 Å². The maximum absolute atomic E-state index is 12.3. The van der Waals surface area contributed by atoms with Gasteiger partial charge in [0.25, 0.3) is 0 Å². The molecule has 22 heavy (non-hydrogen) atoms. The zero-order chi connectivity index (χ0) is 15.3. The van der Waals surface area contributed by atoms with Crippen molar-refractivity contribution in [3.8, 4) is 17.2 Å². The average Bonchev–Trinajstić information content (AvgIpc) is 2.85. The second kappa shape index (κ2) is 4.93. The van der Waals surface area contributed by atoms with E-state index in [0.717, 1.165) is 4.47 Å². The summed E-state index contributed by atoms with van der Waals surface area (Å²) in [5.41, 5.74) is 1.70. The second-order valence-electron chi connectivity index (χ2n) is 4.72. The first kappa shape index (κ1) is 13.5. The highest BCUT2D eigenvalue weighted by Crippen LogP contribution is 2.25. The Morgan fingerprint density at radius 3 is 2.68 bits per heavy atom. The number of halogens is 2. The minimum atomic E-state index is -0.348. The van der Waals surface area contributed by atoms with Gasteiger partial charge in [-0.2, -0.15) is 4.98 Å². The van der Waals surface area contributed by atoms with Gasteiger partial charge in [0.2, 0.25) is 0 Å². The molecule has 0 atom stereocenters. The van der Waals surface area contributed by atoms with Crippen LogP contribution in [0.3, 0.4) is 0 Å². The van der Waals surface area contributed by atoms with E-state index in [1.807, 2.05) is 18.3 Å². The molecule has 0 N–H and O–H groups in total. The molecule has 0 radical (unpaired) electrons. The van der Waals surface area contributed by atoms with Crippen molar-refractivity contribution in [2.75, 3.05) is 0 Å². The third kappa shape index (κ3) is 1.95. The van der Waals surface area contributed by atoms with Crippen LogP contribution in [0, 0.1) is 0 Å². The summed E-state index contributed by atoms with van der Waals surface area (Å²) in [6.07, 6.45) is 3.48. The fourth-order valence-electron chi connectivity index (χ4n) is 2.42. The first-order valence-electron chi connectivity index (χ1n) is 6.45. The van der Waals surface area contributed by atoms with Crippen LogP contribution in [0.15, 0.2) is 58.1 Å². The topological polar surface area (TPSA) is 52.2 Å². The first-order valence-corrected chi connectivity index (χ1v) is 7.62. The number of imidazole rings is 1. The van der Waals surface area contributed by atoms with Crippen LogP contribution in [0.25, 0.3) is 22.9 Å². The van der Waals surface area contributed by atoms with Crippen molar-refractivity contribution in [3.05, 3.63) is 68.8 Å². The third-order valence-corrected chi connectivity index (χ3v) is 4.28. The Bertz CT molecular complexity index is 1020. The van der Waals surface area contributed by atoms with Gasteiger partial charge >= 0.3 is 5.69 Å². The summed E-state index contributed by atoms with van der Waals surface area (Å²) in [5, 5.41) is 0.613. The lowest BCUT2D eigenvalue weighted by molar-refractivity contribution is 0.995. The predicted molar refractivity (Wildman–Crippen MR) is 87.9 cm³/mol. The van der Waals surface area contributed by atoms with E-state index >= 15 is 0 Å². The number of aromatic nitrogens is 4. The van der Waals surface area contributed by atoms with Crippen molar-refractivity contribution in [2.24, 2.45) is 0 Å². The Balaban J connectivity index is 2.06. The number of nitrogens with zero attached hydrogens (tertiary/aromatic N) is 4. The highest BCUT2D eigenvalue weighted by molar-refractivity contribution is 9.10. The Morgan fingerprint density at radius 1 is 1.14 bits per heavy atom. The van der Waals surface area contributed by atoms with Gasteiger partial charge in [-0.1, -0.05) is 11.6 Å². The molecular formula is C15H8BrClN4O. The number of rotatable bonds is 1. The van der Waals surface area contributed by atoms with Crippen LogP contribution in [-0.2, 0) is 0 Å². The maximum Gasteiger partial charge on any atom is 0.354 e. The SMILES string of the molecule is O=c1nc2n3cccc(Br)c3ncc-2n1-c1ccc(Cl)cc1. The number of hydrogen-bond donors (Lipinski definition) is 0. The molecule has 0 fully saturated rings. The normalized spacial score (nSPS) is 11.4. The van der Waals surface area contributed by atoms with Crippen LogP contribution in [0.2, 0.25) is 5.02 Å². The van der Waals surface area contributed by atoms with Gasteiger partial charge in [0.05, 0.1) is 16.4 Å². The molecule has 7 heteroatoms. The Morgan fingerprint density at radius 2 is 1.91 bits per heavy atom. The van der Waals surface area contributed by atoms with Gasteiger partial charge in [0.1, 0.15) is 5.69 Å². The standard InChI is InChI=1S/C15H8BrClN4O/c16-11-2-1-7-20-13(11)18-8-12-14(20)19-15(22)21(12)10-5-3-9(17)4-6-10/h1-8H. The van der Waals surface area contributed by atoms with Crippen LogP contribution in [0.1, 0.15) is 0 Å². The van der Waals surface area contributed by atoms with Crippen molar-refractivity contribution in [1.29, 1.82) is 0 Å². The molecule has 0 saturated carbocycles. The molecule has 0 bridgehead atoms. The minimum Gasteiger partial charge on any atom is -0.283 e. The summed E-state index contributed by atoms with van der Waals surface area (Å²) in [6, 6.07) is 10.8. The number of hydrogen-bond acceptors (Lipinski definition) is 3. The second-order valence-corrected chi connectivity index (χ2v) is 6.01. The third-order valence-electron chi connectivity index (χ3n) is 3.40. The maximum atomic E-state index is 12.3. The fraction of sp³-hybridized carbons (Fsp3) is 0. The van der Waals surface area contributed by atoms with Crippen molar-refractivity contribution >= 4 is 33.2 Å². The minimum absolute atomic E-state index is 0.348. The molecule has 2 aliphatic rings. The van der Waals surface area contributed by atoms with E-state index in [1.165, 1.54) is 4.57 Å². The van der Waals surface area contributed by atoms with Gasteiger partial charge in [-0.25, -0.2) is 9.78 Å². The van der Waals surface area contributed by atoms with E-state index < -0.39 is 0 Å². The Kier molecular flexibility index (Phi) is 3.02. The zero-order valence-corrected chi connectivity index (χ0v) is 13.4. The molecule has 0 unspecified atom stereocenters. The van der Waals surface area contributed by atoms with E-state index in [9.17, 15) is 4.79 Å². The van der Waals surface area contributed by atoms with E-state index in [1.54, 1.807) is 34.9 Å². The quantitative estimate of drug-likeness (QED) is 0.512. The summed E-state index contributed by atoms with van der Waals surface area (Å²) in [6.45, 7) is 0. The Labute approximate surface area is 138 Å². The number of fused-ring (bicyclic) bond motifs is 3. The summed E-state index contributed by atoms with van der Waals surface area (Å²) in [7, 11) is 0. The van der Waals surface area contributed by atoms with E-state index in [0.29, 0.717) is 27.9 Å². The van der Waals surface area contributed by atoms with Crippen molar-refractivity contribution in [3.63, 3.8) is 0 Å². The number of pyridine rings is 1. The van der Waals surface area contributed by atoms with Gasteiger partial charge in [-0.05, 0) is 52.3 Å². The van der Waals surface area contributed by atoms with Crippen LogP contribution in [-0.4, -0.2) is 18.9 Å². The van der Waals surface area contributed by atoms with Crippen LogP contribution < -0.4 is 5.69 Å². The summed E-state index contributed by atoms with van der Waals surface area (Å²) >= 11 is 9.35. The van der Waals surface area contributed by atoms with E-state index in [4.69, 9.17) is 11.6 Å². The molecule has 5 nitrogen and oxygen atoms in total. The van der Waals surface area contributed by atoms with E-state index in [-0.39, 0.29) is 5.69 Å². The highest BCUT2D eigenvalue weighted by atomic mass is 79.9. The fourth-order valence-corrected chi connectivity index (χ4v) is 3.00. The lowest BCUT2D eigenvalue weighted by atomic mass is 10.3. The molecule has 0 spiro atoms. The zero-order valence-electron chi connectivity index (χ0n) is 11.1. The summed E-state index contributed by atoms with van der Waals surface area (Å²) in [4.78, 5) is 20.9. The molecule has 1 aromatic heterocycles. The molecule has 0 aliphatic carbocycles. The van der Waals surface area contributed by atoms with E-state index in [2.05, 4.69) is 25.9 Å². The molecule has 0 amide bonds. The molecule has 0 saturated heterocycles. The average molecular weight is 376 g/mol. The van der Waals surface area contributed by atoms with Crippen LogP contribution in [0.4, 0.5) is 0 Å². The molecule has 3 heterocycles. The molecule has 4 rings (SSSR count). The summed E-state index contributed by atoms with van der Waals surface area (Å²) in [5.74, 6) is 0.561. The van der Waals surface area contributed by atoms with Gasteiger partial charge in [-0.15, -0.1) is 0 Å². The van der Waals surface area contributed by atoms with Gasteiger partial charge < -0.3 is 0 Å². The lowest BCUT2D eigenvalue weighted by Crippen LogP contribution is -2.14. The van der Waals surface area contributed by atoms with Crippen LogP contribution in [0.5, 0.6) is 0 Å². The molecule has 2 aliphatic heterocycles.